The molecule has 1 heterocycles. The zero-order valence-corrected chi connectivity index (χ0v) is 11.0. The van der Waals surface area contributed by atoms with Gasteiger partial charge in [-0.05, 0) is 30.5 Å². The van der Waals surface area contributed by atoms with Crippen LogP contribution in [-0.2, 0) is 11.2 Å². The summed E-state index contributed by atoms with van der Waals surface area (Å²) >= 11 is 0. The number of pyridine rings is 1. The van der Waals surface area contributed by atoms with E-state index in [4.69, 9.17) is 0 Å². The van der Waals surface area contributed by atoms with Gasteiger partial charge in [-0.2, -0.15) is 0 Å². The molecule has 2 heteroatoms. The predicted molar refractivity (Wildman–Crippen MR) is 74.5 cm³/mol. The van der Waals surface area contributed by atoms with Crippen LogP contribution in [0.4, 0.5) is 0 Å². The number of Topliss-reactive ketones (excluding diaryl/α,β-unsaturated/α-hetero) is 1. The second-order valence-corrected chi connectivity index (χ2v) is 4.96. The van der Waals surface area contributed by atoms with Crippen molar-refractivity contribution in [2.75, 3.05) is 0 Å². The maximum Gasteiger partial charge on any atom is 0.135 e. The van der Waals surface area contributed by atoms with Gasteiger partial charge in [0.05, 0.1) is 5.52 Å². The van der Waals surface area contributed by atoms with E-state index in [1.54, 1.807) is 0 Å². The fourth-order valence-electron chi connectivity index (χ4n) is 2.11. The summed E-state index contributed by atoms with van der Waals surface area (Å²) in [7, 11) is 0. The summed E-state index contributed by atoms with van der Waals surface area (Å²) < 4.78 is 0. The van der Waals surface area contributed by atoms with Gasteiger partial charge in [0.25, 0.3) is 0 Å². The van der Waals surface area contributed by atoms with Gasteiger partial charge >= 0.3 is 0 Å². The SMILES string of the molecule is CC(C)C(=O)CCCc1ccnc2ccccc12. The third-order valence-corrected chi connectivity index (χ3v) is 3.25. The van der Waals surface area contributed by atoms with Crippen LogP contribution in [0, 0.1) is 5.92 Å². The number of hydrogen-bond acceptors (Lipinski definition) is 2. The molecule has 1 aromatic carbocycles. The molecule has 2 aromatic rings. The van der Waals surface area contributed by atoms with E-state index < -0.39 is 0 Å². The number of benzene rings is 1. The van der Waals surface area contributed by atoms with Gasteiger partial charge in [0, 0.05) is 23.9 Å². The maximum atomic E-state index is 11.6. The summed E-state index contributed by atoms with van der Waals surface area (Å²) in [5, 5.41) is 1.21. The minimum absolute atomic E-state index is 0.152. The van der Waals surface area contributed by atoms with Gasteiger partial charge in [0.1, 0.15) is 5.78 Å². The lowest BCUT2D eigenvalue weighted by atomic mass is 9.99. The van der Waals surface area contributed by atoms with Crippen LogP contribution in [0.3, 0.4) is 0 Å². The summed E-state index contributed by atoms with van der Waals surface area (Å²) in [4.78, 5) is 15.9. The van der Waals surface area contributed by atoms with Crippen LogP contribution in [0.1, 0.15) is 32.3 Å². The van der Waals surface area contributed by atoms with E-state index in [-0.39, 0.29) is 5.92 Å². The van der Waals surface area contributed by atoms with Gasteiger partial charge in [0.2, 0.25) is 0 Å². The molecular weight excluding hydrogens is 222 g/mol. The van der Waals surface area contributed by atoms with Crippen LogP contribution in [0.15, 0.2) is 36.5 Å². The number of carbonyl (C=O) groups is 1. The number of rotatable bonds is 5. The third kappa shape index (κ3) is 2.95. The molecule has 0 amide bonds. The fourth-order valence-corrected chi connectivity index (χ4v) is 2.11. The zero-order valence-electron chi connectivity index (χ0n) is 11.0. The average Bonchev–Trinajstić information content (AvgIpc) is 2.38. The quantitative estimate of drug-likeness (QED) is 0.797. The number of carbonyl (C=O) groups excluding carboxylic acids is 1. The van der Waals surface area contributed by atoms with Crippen molar-refractivity contribution in [1.82, 2.24) is 4.98 Å². The molecular formula is C16H19NO. The van der Waals surface area contributed by atoms with Crippen molar-refractivity contribution in [3.8, 4) is 0 Å². The standard InChI is InChI=1S/C16H19NO/c1-12(2)16(18)9-5-6-13-10-11-17-15-8-4-3-7-14(13)15/h3-4,7-8,10-12H,5-6,9H2,1-2H3. The molecule has 18 heavy (non-hydrogen) atoms. The molecule has 0 N–H and O–H groups in total. The Kier molecular flexibility index (Phi) is 4.08. The first-order valence-corrected chi connectivity index (χ1v) is 6.54. The molecule has 0 spiro atoms. The minimum atomic E-state index is 0.152. The Morgan fingerprint density at radius 1 is 1.22 bits per heavy atom. The molecule has 0 fully saturated rings. The van der Waals surface area contributed by atoms with Gasteiger partial charge in [-0.3, -0.25) is 9.78 Å². The summed E-state index contributed by atoms with van der Waals surface area (Å²) in [6, 6.07) is 10.2. The Balaban J connectivity index is 2.06. The van der Waals surface area contributed by atoms with Crippen LogP contribution in [-0.4, -0.2) is 10.8 Å². The Bertz CT molecular complexity index is 540. The smallest absolute Gasteiger partial charge is 0.135 e. The topological polar surface area (TPSA) is 30.0 Å². The highest BCUT2D eigenvalue weighted by Crippen LogP contribution is 2.18. The molecule has 2 nitrogen and oxygen atoms in total. The number of hydrogen-bond donors (Lipinski definition) is 0. The number of para-hydroxylation sites is 1. The Morgan fingerprint density at radius 3 is 2.78 bits per heavy atom. The lowest BCUT2D eigenvalue weighted by Gasteiger charge is -2.06. The van der Waals surface area contributed by atoms with E-state index in [2.05, 4.69) is 17.1 Å². The van der Waals surface area contributed by atoms with Gasteiger partial charge in [-0.25, -0.2) is 0 Å². The highest BCUT2D eigenvalue weighted by atomic mass is 16.1. The van der Waals surface area contributed by atoms with Crippen molar-refractivity contribution >= 4 is 16.7 Å². The van der Waals surface area contributed by atoms with Crippen molar-refractivity contribution in [3.05, 3.63) is 42.1 Å². The molecule has 2 rings (SSSR count). The number of aromatic nitrogens is 1. The first-order chi connectivity index (χ1) is 8.68. The summed E-state index contributed by atoms with van der Waals surface area (Å²) in [6.45, 7) is 3.92. The number of ketones is 1. The summed E-state index contributed by atoms with van der Waals surface area (Å²) in [6.07, 6.45) is 4.39. The Morgan fingerprint density at radius 2 is 2.00 bits per heavy atom. The van der Waals surface area contributed by atoms with Gasteiger partial charge in [-0.15, -0.1) is 0 Å². The molecule has 0 unspecified atom stereocenters. The van der Waals surface area contributed by atoms with Crippen molar-refractivity contribution in [1.29, 1.82) is 0 Å². The molecule has 0 saturated heterocycles. The number of fused-ring (bicyclic) bond motifs is 1. The predicted octanol–water partition coefficient (Wildman–Crippen LogP) is 3.78. The van der Waals surface area contributed by atoms with E-state index in [1.165, 1.54) is 10.9 Å². The minimum Gasteiger partial charge on any atom is -0.299 e. The van der Waals surface area contributed by atoms with Crippen molar-refractivity contribution in [2.45, 2.75) is 33.1 Å². The highest BCUT2D eigenvalue weighted by Gasteiger charge is 2.07. The van der Waals surface area contributed by atoms with E-state index in [0.29, 0.717) is 12.2 Å². The van der Waals surface area contributed by atoms with Crippen LogP contribution < -0.4 is 0 Å². The van der Waals surface area contributed by atoms with Crippen LogP contribution >= 0.6 is 0 Å². The van der Waals surface area contributed by atoms with Crippen molar-refractivity contribution in [2.24, 2.45) is 5.92 Å². The van der Waals surface area contributed by atoms with Gasteiger partial charge in [-0.1, -0.05) is 32.0 Å². The molecule has 0 aliphatic heterocycles. The Labute approximate surface area is 108 Å². The average molecular weight is 241 g/mol. The first kappa shape index (κ1) is 12.7. The normalized spacial score (nSPS) is 11.1. The second-order valence-electron chi connectivity index (χ2n) is 4.96. The molecule has 1 aromatic heterocycles. The van der Waals surface area contributed by atoms with E-state index in [0.717, 1.165) is 18.4 Å². The van der Waals surface area contributed by atoms with E-state index in [1.807, 2.05) is 38.2 Å². The maximum absolute atomic E-state index is 11.6. The molecule has 0 aliphatic carbocycles. The summed E-state index contributed by atoms with van der Waals surface area (Å²) in [5.41, 5.74) is 2.32. The molecule has 0 saturated carbocycles. The molecule has 0 atom stereocenters. The monoisotopic (exact) mass is 241 g/mol. The zero-order chi connectivity index (χ0) is 13.0. The second kappa shape index (κ2) is 5.76. The van der Waals surface area contributed by atoms with Gasteiger partial charge in [0.15, 0.2) is 0 Å². The lowest BCUT2D eigenvalue weighted by Crippen LogP contribution is -2.06. The van der Waals surface area contributed by atoms with Crippen LogP contribution in [0.5, 0.6) is 0 Å². The highest BCUT2D eigenvalue weighted by molar-refractivity contribution is 5.82. The largest absolute Gasteiger partial charge is 0.299 e. The molecule has 0 aliphatic rings. The van der Waals surface area contributed by atoms with Crippen LogP contribution in [0.2, 0.25) is 0 Å². The number of aryl methyl sites for hydroxylation is 1. The van der Waals surface area contributed by atoms with E-state index >= 15 is 0 Å². The first-order valence-electron chi connectivity index (χ1n) is 6.54. The molecule has 0 radical (unpaired) electrons. The van der Waals surface area contributed by atoms with E-state index in [9.17, 15) is 4.79 Å². The lowest BCUT2D eigenvalue weighted by molar-refractivity contribution is -0.121. The molecule has 0 bridgehead atoms. The summed E-state index contributed by atoms with van der Waals surface area (Å²) in [5.74, 6) is 0.507. The van der Waals surface area contributed by atoms with Crippen LogP contribution in [0.25, 0.3) is 10.9 Å². The number of nitrogens with zero attached hydrogens (tertiary/aromatic N) is 1. The Hall–Kier alpha value is -1.70. The van der Waals surface area contributed by atoms with Crippen molar-refractivity contribution in [3.63, 3.8) is 0 Å². The molecule has 94 valence electrons. The van der Waals surface area contributed by atoms with Crippen molar-refractivity contribution < 1.29 is 4.79 Å². The van der Waals surface area contributed by atoms with Gasteiger partial charge < -0.3 is 0 Å². The third-order valence-electron chi connectivity index (χ3n) is 3.25. The fraction of sp³-hybridized carbons (Fsp3) is 0.375.